The van der Waals surface area contributed by atoms with Gasteiger partial charge in [0.2, 0.25) is 0 Å². The summed E-state index contributed by atoms with van der Waals surface area (Å²) in [4.78, 5) is 11.6. The number of rotatable bonds is 2. The molecule has 2 rings (SSSR count). The zero-order chi connectivity index (χ0) is 14.9. The van der Waals surface area contributed by atoms with Gasteiger partial charge in [-0.3, -0.25) is 4.79 Å². The van der Waals surface area contributed by atoms with E-state index in [1.807, 2.05) is 0 Å². The van der Waals surface area contributed by atoms with E-state index in [0.717, 1.165) is 6.07 Å². The molecule has 0 amide bonds. The minimum Gasteiger partial charge on any atom is -0.378 e. The normalized spacial score (nSPS) is 13.2. The molecule has 2 aromatic rings. The molecule has 0 aliphatic carbocycles. The lowest BCUT2D eigenvalue weighted by Gasteiger charge is -2.20. The highest BCUT2D eigenvalue weighted by atomic mass is 19.4. The van der Waals surface area contributed by atoms with Crippen LogP contribution >= 0.6 is 0 Å². The Bertz CT molecular complexity index is 662. The second-order valence-corrected chi connectivity index (χ2v) is 4.40. The van der Waals surface area contributed by atoms with E-state index in [9.17, 15) is 23.1 Å². The lowest BCUT2D eigenvalue weighted by atomic mass is 10.1. The summed E-state index contributed by atoms with van der Waals surface area (Å²) in [6, 6.07) is 9.05. The maximum absolute atomic E-state index is 12.7. The van der Waals surface area contributed by atoms with Crippen molar-refractivity contribution >= 4 is 0 Å². The van der Waals surface area contributed by atoms with E-state index in [4.69, 9.17) is 0 Å². The molecule has 0 radical (unpaired) electrons. The van der Waals surface area contributed by atoms with Gasteiger partial charge >= 0.3 is 6.18 Å². The van der Waals surface area contributed by atoms with Crippen molar-refractivity contribution in [1.82, 2.24) is 4.57 Å². The molecule has 1 unspecified atom stereocenters. The lowest BCUT2D eigenvalue weighted by Crippen LogP contribution is -2.26. The van der Waals surface area contributed by atoms with Crippen LogP contribution in [0, 0.1) is 6.92 Å². The largest absolute Gasteiger partial charge is 0.420 e. The molecule has 1 heterocycles. The Morgan fingerprint density at radius 3 is 2.35 bits per heavy atom. The second-order valence-electron chi connectivity index (χ2n) is 4.40. The summed E-state index contributed by atoms with van der Waals surface area (Å²) in [5.74, 6) is 0. The number of nitrogens with zero attached hydrogens (tertiary/aromatic N) is 1. The molecule has 1 N–H and O–H groups in total. The fraction of sp³-hybridized carbons (Fsp3) is 0.214. The van der Waals surface area contributed by atoms with Crippen LogP contribution in [-0.4, -0.2) is 15.8 Å². The van der Waals surface area contributed by atoms with Gasteiger partial charge in [0.1, 0.15) is 0 Å². The quantitative estimate of drug-likeness (QED) is 0.920. The predicted octanol–water partition coefficient (Wildman–Crippen LogP) is 2.74. The van der Waals surface area contributed by atoms with Crippen molar-refractivity contribution in [2.75, 3.05) is 0 Å². The van der Waals surface area contributed by atoms with Gasteiger partial charge in [0, 0.05) is 23.5 Å². The standard InChI is InChI=1S/C14H12F3NO2/c1-9-8-18(10-5-3-2-4-6-10)11(7-12(9)19)13(20)14(15,16)17/h2-8,13,20H,1H3. The first-order valence-electron chi connectivity index (χ1n) is 5.84. The number of pyridine rings is 1. The van der Waals surface area contributed by atoms with Crippen LogP contribution < -0.4 is 5.43 Å². The summed E-state index contributed by atoms with van der Waals surface area (Å²) in [5.41, 5.74) is -0.310. The van der Waals surface area contributed by atoms with E-state index in [0.29, 0.717) is 11.3 Å². The molecule has 20 heavy (non-hydrogen) atoms. The Hall–Kier alpha value is -2.08. The summed E-state index contributed by atoms with van der Waals surface area (Å²) in [5, 5.41) is 9.43. The molecular formula is C14H12F3NO2. The Kier molecular flexibility index (Phi) is 3.67. The molecule has 1 atom stereocenters. The van der Waals surface area contributed by atoms with Gasteiger partial charge in [0.25, 0.3) is 0 Å². The van der Waals surface area contributed by atoms with Gasteiger partial charge in [-0.25, -0.2) is 0 Å². The van der Waals surface area contributed by atoms with Crippen LogP contribution in [0.3, 0.4) is 0 Å². The number of aliphatic hydroxyl groups excluding tert-OH is 1. The van der Waals surface area contributed by atoms with Crippen LogP contribution in [0.25, 0.3) is 5.69 Å². The van der Waals surface area contributed by atoms with Crippen molar-refractivity contribution in [3.05, 3.63) is 64.1 Å². The highest BCUT2D eigenvalue weighted by molar-refractivity contribution is 5.36. The monoisotopic (exact) mass is 283 g/mol. The van der Waals surface area contributed by atoms with Gasteiger partial charge in [-0.05, 0) is 19.1 Å². The first-order chi connectivity index (χ1) is 9.30. The Balaban J connectivity index is 2.67. The summed E-state index contributed by atoms with van der Waals surface area (Å²) in [6.07, 6.45) is -6.25. The second kappa shape index (κ2) is 5.13. The molecular weight excluding hydrogens is 271 g/mol. The van der Waals surface area contributed by atoms with E-state index in [1.54, 1.807) is 30.3 Å². The van der Waals surface area contributed by atoms with E-state index in [-0.39, 0.29) is 0 Å². The minimum atomic E-state index is -4.84. The van der Waals surface area contributed by atoms with E-state index < -0.39 is 23.4 Å². The minimum absolute atomic E-state index is 0.298. The molecule has 0 aliphatic heterocycles. The molecule has 0 bridgehead atoms. The zero-order valence-electron chi connectivity index (χ0n) is 10.6. The summed E-state index contributed by atoms with van der Waals surface area (Å²) >= 11 is 0. The van der Waals surface area contributed by atoms with Gasteiger partial charge in [0.05, 0.1) is 5.69 Å². The average Bonchev–Trinajstić information content (AvgIpc) is 2.40. The molecule has 0 fully saturated rings. The molecule has 6 heteroatoms. The number of aryl methyl sites for hydroxylation is 1. The number of aliphatic hydroxyl groups is 1. The number of hydrogen-bond acceptors (Lipinski definition) is 2. The third-order valence-electron chi connectivity index (χ3n) is 2.89. The van der Waals surface area contributed by atoms with Crippen LogP contribution in [0.2, 0.25) is 0 Å². The lowest BCUT2D eigenvalue weighted by molar-refractivity contribution is -0.208. The number of benzene rings is 1. The van der Waals surface area contributed by atoms with E-state index >= 15 is 0 Å². The van der Waals surface area contributed by atoms with Crippen LogP contribution in [0.4, 0.5) is 13.2 Å². The fourth-order valence-corrected chi connectivity index (χ4v) is 1.84. The Morgan fingerprint density at radius 1 is 1.20 bits per heavy atom. The highest BCUT2D eigenvalue weighted by Crippen LogP contribution is 2.32. The molecule has 106 valence electrons. The molecule has 1 aromatic heterocycles. The van der Waals surface area contributed by atoms with Crippen LogP contribution in [-0.2, 0) is 0 Å². The van der Waals surface area contributed by atoms with E-state index in [1.165, 1.54) is 17.7 Å². The number of hydrogen-bond donors (Lipinski definition) is 1. The van der Waals surface area contributed by atoms with Crippen LogP contribution in [0.5, 0.6) is 0 Å². The van der Waals surface area contributed by atoms with Crippen molar-refractivity contribution in [1.29, 1.82) is 0 Å². The first-order valence-corrected chi connectivity index (χ1v) is 5.84. The smallest absolute Gasteiger partial charge is 0.378 e. The SMILES string of the molecule is Cc1cn(-c2ccccc2)c(C(O)C(F)(F)F)cc1=O. The Labute approximate surface area is 112 Å². The molecule has 1 aromatic carbocycles. The van der Waals surface area contributed by atoms with Gasteiger partial charge in [-0.2, -0.15) is 13.2 Å². The Morgan fingerprint density at radius 2 is 1.80 bits per heavy atom. The van der Waals surface area contributed by atoms with E-state index in [2.05, 4.69) is 0 Å². The number of para-hydroxylation sites is 1. The molecule has 0 aliphatic rings. The van der Waals surface area contributed by atoms with Gasteiger partial charge in [0.15, 0.2) is 11.5 Å². The third kappa shape index (κ3) is 2.75. The maximum atomic E-state index is 12.7. The van der Waals surface area contributed by atoms with Gasteiger partial charge in [-0.15, -0.1) is 0 Å². The maximum Gasteiger partial charge on any atom is 0.420 e. The molecule has 0 saturated heterocycles. The van der Waals surface area contributed by atoms with Gasteiger partial charge < -0.3 is 9.67 Å². The first kappa shape index (κ1) is 14.3. The summed E-state index contributed by atoms with van der Waals surface area (Å²) in [6.45, 7) is 1.51. The topological polar surface area (TPSA) is 42.2 Å². The zero-order valence-corrected chi connectivity index (χ0v) is 10.6. The summed E-state index contributed by atoms with van der Waals surface area (Å²) < 4.78 is 39.3. The van der Waals surface area contributed by atoms with Crippen molar-refractivity contribution in [3.63, 3.8) is 0 Å². The molecule has 3 nitrogen and oxygen atoms in total. The fourth-order valence-electron chi connectivity index (χ4n) is 1.84. The highest BCUT2D eigenvalue weighted by Gasteiger charge is 2.41. The van der Waals surface area contributed by atoms with Crippen LogP contribution in [0.1, 0.15) is 17.4 Å². The van der Waals surface area contributed by atoms with Crippen molar-refractivity contribution in [2.45, 2.75) is 19.2 Å². The molecule has 0 saturated carbocycles. The number of aromatic nitrogens is 1. The van der Waals surface area contributed by atoms with Crippen molar-refractivity contribution in [2.24, 2.45) is 0 Å². The van der Waals surface area contributed by atoms with Crippen molar-refractivity contribution < 1.29 is 18.3 Å². The predicted molar refractivity (Wildman–Crippen MR) is 67.8 cm³/mol. The van der Waals surface area contributed by atoms with Crippen LogP contribution in [0.15, 0.2) is 47.4 Å². The van der Waals surface area contributed by atoms with Gasteiger partial charge in [-0.1, -0.05) is 18.2 Å². The third-order valence-corrected chi connectivity index (χ3v) is 2.89. The number of alkyl halides is 3. The summed E-state index contributed by atoms with van der Waals surface area (Å²) in [7, 11) is 0. The number of halogens is 3. The van der Waals surface area contributed by atoms with Crippen molar-refractivity contribution in [3.8, 4) is 5.69 Å². The molecule has 0 spiro atoms. The average molecular weight is 283 g/mol.